The molecular weight excluding hydrogens is 282 g/mol. The van der Waals surface area contributed by atoms with E-state index < -0.39 is 0 Å². The van der Waals surface area contributed by atoms with Crippen LogP contribution in [0.15, 0.2) is 27.6 Å². The molecule has 0 saturated heterocycles. The average Bonchev–Trinajstić information content (AvgIpc) is 2.29. The molecule has 86 valence electrons. The number of nitrogens with one attached hydrogen (secondary N) is 1. The predicted molar refractivity (Wildman–Crippen MR) is 74.3 cm³/mol. The predicted octanol–water partition coefficient (Wildman–Crippen LogP) is 4.67. The minimum absolute atomic E-state index is 0.478. The van der Waals surface area contributed by atoms with Crippen molar-refractivity contribution in [3.63, 3.8) is 0 Å². The topological polar surface area (TPSA) is 12.0 Å². The number of halogens is 1. The number of anilines is 1. The fraction of sp³-hybridized carbons (Fsp3) is 0.538. The van der Waals surface area contributed by atoms with E-state index in [-0.39, 0.29) is 0 Å². The quantitative estimate of drug-likeness (QED) is 0.747. The molecule has 0 unspecified atom stereocenters. The molecule has 1 fully saturated rings. The van der Waals surface area contributed by atoms with Crippen LogP contribution in [-0.2, 0) is 0 Å². The van der Waals surface area contributed by atoms with E-state index >= 15 is 0 Å². The number of hydrogen-bond acceptors (Lipinski definition) is 2. The molecule has 3 heteroatoms. The van der Waals surface area contributed by atoms with Crippen LogP contribution in [-0.4, -0.2) is 11.3 Å². The molecule has 0 aromatic heterocycles. The first-order valence-electron chi connectivity index (χ1n) is 6.00. The van der Waals surface area contributed by atoms with Gasteiger partial charge in [0.1, 0.15) is 0 Å². The van der Waals surface area contributed by atoms with Gasteiger partial charge in [0, 0.05) is 26.3 Å². The van der Waals surface area contributed by atoms with Crippen LogP contribution in [0.5, 0.6) is 0 Å². The molecule has 1 aliphatic carbocycles. The Labute approximate surface area is 110 Å². The van der Waals surface area contributed by atoms with Crippen molar-refractivity contribution >= 4 is 33.4 Å². The Morgan fingerprint density at radius 1 is 1.19 bits per heavy atom. The van der Waals surface area contributed by atoms with E-state index in [1.54, 1.807) is 0 Å². The first kappa shape index (κ1) is 11.0. The lowest BCUT2D eigenvalue weighted by Crippen LogP contribution is -2.38. The summed E-state index contributed by atoms with van der Waals surface area (Å²) in [6.45, 7) is 1.15. The van der Waals surface area contributed by atoms with Crippen molar-refractivity contribution in [3.8, 4) is 0 Å². The normalized spacial score (nSPS) is 22.6. The molecule has 0 radical (unpaired) electrons. The van der Waals surface area contributed by atoms with Gasteiger partial charge in [-0.2, -0.15) is 0 Å². The number of rotatable bonds is 0. The van der Waals surface area contributed by atoms with Crippen molar-refractivity contribution in [3.05, 3.63) is 22.7 Å². The van der Waals surface area contributed by atoms with Crippen molar-refractivity contribution in [2.45, 2.75) is 41.7 Å². The highest BCUT2D eigenvalue weighted by atomic mass is 79.9. The van der Waals surface area contributed by atoms with Gasteiger partial charge in [-0.15, -0.1) is 11.8 Å². The van der Waals surface area contributed by atoms with Crippen LogP contribution in [0.3, 0.4) is 0 Å². The highest BCUT2D eigenvalue weighted by Gasteiger charge is 2.36. The largest absolute Gasteiger partial charge is 0.383 e. The second-order valence-electron chi connectivity index (χ2n) is 4.84. The SMILES string of the molecule is Brc1ccc2c(c1)SC1(CCCCC1)CN2. The molecule has 1 aromatic rings. The third-order valence-corrected chi connectivity index (χ3v) is 5.67. The maximum Gasteiger partial charge on any atom is 0.0479 e. The lowest BCUT2D eigenvalue weighted by Gasteiger charge is -2.41. The zero-order valence-electron chi connectivity index (χ0n) is 9.26. The van der Waals surface area contributed by atoms with E-state index in [9.17, 15) is 0 Å². The van der Waals surface area contributed by atoms with Gasteiger partial charge in [-0.25, -0.2) is 0 Å². The Balaban J connectivity index is 1.89. The van der Waals surface area contributed by atoms with Gasteiger partial charge < -0.3 is 5.32 Å². The van der Waals surface area contributed by atoms with Crippen molar-refractivity contribution < 1.29 is 0 Å². The molecule has 0 atom stereocenters. The summed E-state index contributed by atoms with van der Waals surface area (Å²) >= 11 is 5.66. The van der Waals surface area contributed by atoms with Crippen molar-refractivity contribution in [2.75, 3.05) is 11.9 Å². The molecule has 16 heavy (non-hydrogen) atoms. The summed E-state index contributed by atoms with van der Waals surface area (Å²) in [5.74, 6) is 0. The molecule has 0 amide bonds. The van der Waals surface area contributed by atoms with Gasteiger partial charge in [-0.05, 0) is 31.0 Å². The fourth-order valence-electron chi connectivity index (χ4n) is 2.73. The van der Waals surface area contributed by atoms with Crippen LogP contribution in [0.4, 0.5) is 5.69 Å². The van der Waals surface area contributed by atoms with Gasteiger partial charge in [0.05, 0.1) is 0 Å². The van der Waals surface area contributed by atoms with E-state index in [2.05, 4.69) is 51.2 Å². The first-order valence-corrected chi connectivity index (χ1v) is 7.61. The van der Waals surface area contributed by atoms with E-state index in [0.29, 0.717) is 4.75 Å². The molecule has 1 saturated carbocycles. The van der Waals surface area contributed by atoms with Crippen LogP contribution in [0.2, 0.25) is 0 Å². The van der Waals surface area contributed by atoms with E-state index in [1.807, 2.05) is 0 Å². The third-order valence-electron chi connectivity index (χ3n) is 3.64. The van der Waals surface area contributed by atoms with Crippen molar-refractivity contribution in [2.24, 2.45) is 0 Å². The maximum atomic E-state index is 3.61. The summed E-state index contributed by atoms with van der Waals surface area (Å²) in [4.78, 5) is 1.42. The fourth-order valence-corrected chi connectivity index (χ4v) is 4.78. The van der Waals surface area contributed by atoms with Gasteiger partial charge in [-0.3, -0.25) is 0 Å². The Bertz CT molecular complexity index is 399. The minimum atomic E-state index is 0.478. The van der Waals surface area contributed by atoms with Crippen LogP contribution >= 0.6 is 27.7 Å². The van der Waals surface area contributed by atoms with E-state index in [1.165, 1.54) is 47.2 Å². The summed E-state index contributed by atoms with van der Waals surface area (Å²) in [5, 5.41) is 3.61. The van der Waals surface area contributed by atoms with Crippen LogP contribution in [0.1, 0.15) is 32.1 Å². The van der Waals surface area contributed by atoms with Crippen LogP contribution in [0.25, 0.3) is 0 Å². The minimum Gasteiger partial charge on any atom is -0.383 e. The summed E-state index contributed by atoms with van der Waals surface area (Å²) in [7, 11) is 0. The first-order chi connectivity index (χ1) is 7.77. The molecule has 1 aliphatic heterocycles. The second kappa shape index (κ2) is 4.26. The Hall–Kier alpha value is -0.150. The van der Waals surface area contributed by atoms with Crippen molar-refractivity contribution in [1.82, 2.24) is 0 Å². The van der Waals surface area contributed by atoms with Gasteiger partial charge in [0.2, 0.25) is 0 Å². The zero-order valence-corrected chi connectivity index (χ0v) is 11.7. The Morgan fingerprint density at radius 3 is 2.81 bits per heavy atom. The molecule has 1 N–H and O–H groups in total. The third kappa shape index (κ3) is 2.00. The lowest BCUT2D eigenvalue weighted by molar-refractivity contribution is 0.408. The van der Waals surface area contributed by atoms with Crippen LogP contribution < -0.4 is 5.32 Å². The second-order valence-corrected chi connectivity index (χ2v) is 7.27. The van der Waals surface area contributed by atoms with Gasteiger partial charge >= 0.3 is 0 Å². The van der Waals surface area contributed by atoms with Gasteiger partial charge in [0.15, 0.2) is 0 Å². The highest BCUT2D eigenvalue weighted by molar-refractivity contribution is 9.10. The number of fused-ring (bicyclic) bond motifs is 1. The molecule has 0 bridgehead atoms. The number of thioether (sulfide) groups is 1. The molecule has 2 aliphatic rings. The van der Waals surface area contributed by atoms with Crippen molar-refractivity contribution in [1.29, 1.82) is 0 Å². The van der Waals surface area contributed by atoms with E-state index in [0.717, 1.165) is 6.54 Å². The maximum absolute atomic E-state index is 3.61. The lowest BCUT2D eigenvalue weighted by atomic mass is 9.88. The monoisotopic (exact) mass is 297 g/mol. The smallest absolute Gasteiger partial charge is 0.0479 e. The van der Waals surface area contributed by atoms with Gasteiger partial charge in [-0.1, -0.05) is 35.2 Å². The molecule has 3 rings (SSSR count). The molecular formula is C13H16BrNS. The summed E-state index contributed by atoms with van der Waals surface area (Å²) < 4.78 is 1.67. The standard InChI is InChI=1S/C13H16BrNS/c14-10-4-5-11-12(8-10)16-13(9-15-11)6-2-1-3-7-13/h4-5,8,15H,1-3,6-7,9H2. The summed E-state index contributed by atoms with van der Waals surface area (Å²) in [6.07, 6.45) is 6.97. The van der Waals surface area contributed by atoms with Gasteiger partial charge in [0.25, 0.3) is 0 Å². The summed E-state index contributed by atoms with van der Waals surface area (Å²) in [6, 6.07) is 6.55. The van der Waals surface area contributed by atoms with E-state index in [4.69, 9.17) is 0 Å². The number of benzene rings is 1. The molecule has 1 heterocycles. The molecule has 1 spiro atoms. The Morgan fingerprint density at radius 2 is 2.00 bits per heavy atom. The average molecular weight is 298 g/mol. The number of hydrogen-bond donors (Lipinski definition) is 1. The molecule has 1 nitrogen and oxygen atoms in total. The summed E-state index contributed by atoms with van der Waals surface area (Å²) in [5.41, 5.74) is 1.31. The molecule has 1 aromatic carbocycles. The zero-order chi connectivity index (χ0) is 11.0. The highest BCUT2D eigenvalue weighted by Crippen LogP contribution is 2.49. The Kier molecular flexibility index (Phi) is 2.92. The van der Waals surface area contributed by atoms with Crippen LogP contribution in [0, 0.1) is 0 Å².